The molecule has 3 aliphatic heterocycles. The van der Waals surface area contributed by atoms with Crippen LogP contribution < -0.4 is 0 Å². The summed E-state index contributed by atoms with van der Waals surface area (Å²) in [5.41, 5.74) is 0. The molecule has 3 saturated heterocycles. The maximum absolute atomic E-state index is 12.7. The van der Waals surface area contributed by atoms with Crippen molar-refractivity contribution in [1.82, 2.24) is 29.5 Å². The first-order valence-electron chi connectivity index (χ1n) is 11.3. The van der Waals surface area contributed by atoms with Crippen LogP contribution in [-0.2, 0) is 32.9 Å². The average molecular weight is 485 g/mol. The summed E-state index contributed by atoms with van der Waals surface area (Å²) in [5, 5.41) is 9.09. The zero-order chi connectivity index (χ0) is 22.7. The molecule has 0 aromatic carbocycles. The molecule has 1 aromatic rings. The standard InChI is InChI=1S/C20H32N6O4S2/c1-23-17(12-16-4-11-32(29,30)15-16)21-22-20(23)31-14-19(28)26-9-7-24(8-10-26)13-18(27)25-5-2-3-6-25/h16H,2-15H2,1H3/t16-/m0/s1. The Morgan fingerprint density at radius 2 is 1.69 bits per heavy atom. The van der Waals surface area contributed by atoms with Gasteiger partial charge in [0.05, 0.1) is 23.8 Å². The van der Waals surface area contributed by atoms with Crippen LogP contribution in [0.3, 0.4) is 0 Å². The maximum atomic E-state index is 12.7. The number of rotatable bonds is 7. The highest BCUT2D eigenvalue weighted by Gasteiger charge is 2.30. The Morgan fingerprint density at radius 3 is 2.34 bits per heavy atom. The predicted octanol–water partition coefficient (Wildman–Crippen LogP) is -0.349. The predicted molar refractivity (Wildman–Crippen MR) is 121 cm³/mol. The lowest BCUT2D eigenvalue weighted by Gasteiger charge is -2.35. The van der Waals surface area contributed by atoms with Gasteiger partial charge in [-0.1, -0.05) is 11.8 Å². The Balaban J connectivity index is 1.20. The van der Waals surface area contributed by atoms with Crippen LogP contribution in [0, 0.1) is 5.92 Å². The number of hydrogen-bond acceptors (Lipinski definition) is 8. The van der Waals surface area contributed by atoms with E-state index in [-0.39, 0.29) is 35.0 Å². The summed E-state index contributed by atoms with van der Waals surface area (Å²) in [6.07, 6.45) is 3.46. The van der Waals surface area contributed by atoms with Crippen molar-refractivity contribution >= 4 is 33.4 Å². The van der Waals surface area contributed by atoms with E-state index in [1.54, 1.807) is 0 Å². The molecular weight excluding hydrogens is 452 g/mol. The SMILES string of the molecule is Cn1c(C[C@@H]2CCS(=O)(=O)C2)nnc1SCC(=O)N1CCN(CC(=O)N2CCCC2)CC1. The first-order chi connectivity index (χ1) is 15.3. The summed E-state index contributed by atoms with van der Waals surface area (Å²) in [6, 6.07) is 0. The Hall–Kier alpha value is -1.66. The number of carbonyl (C=O) groups is 2. The molecule has 3 fully saturated rings. The van der Waals surface area contributed by atoms with Gasteiger partial charge < -0.3 is 14.4 Å². The lowest BCUT2D eigenvalue weighted by molar-refractivity contribution is -0.133. The van der Waals surface area contributed by atoms with Gasteiger partial charge in [-0.05, 0) is 25.2 Å². The van der Waals surface area contributed by atoms with Gasteiger partial charge in [0.25, 0.3) is 0 Å². The van der Waals surface area contributed by atoms with Crippen LogP contribution in [0.5, 0.6) is 0 Å². The second kappa shape index (κ2) is 10.1. The third kappa shape index (κ3) is 5.82. The Labute approximate surface area is 193 Å². The molecule has 10 nitrogen and oxygen atoms in total. The quantitative estimate of drug-likeness (QED) is 0.483. The number of amides is 2. The van der Waals surface area contributed by atoms with Crippen molar-refractivity contribution in [1.29, 1.82) is 0 Å². The summed E-state index contributed by atoms with van der Waals surface area (Å²) >= 11 is 1.36. The molecule has 0 spiro atoms. The van der Waals surface area contributed by atoms with Crippen molar-refractivity contribution in [2.75, 3.05) is 63.1 Å². The Morgan fingerprint density at radius 1 is 1.00 bits per heavy atom. The number of carbonyl (C=O) groups excluding carboxylic acids is 2. The van der Waals surface area contributed by atoms with E-state index in [1.165, 1.54) is 11.8 Å². The molecule has 178 valence electrons. The van der Waals surface area contributed by atoms with Crippen molar-refractivity contribution in [3.8, 4) is 0 Å². The highest BCUT2D eigenvalue weighted by atomic mass is 32.2. The molecule has 0 radical (unpaired) electrons. The molecule has 1 atom stereocenters. The normalized spacial score (nSPS) is 23.7. The first-order valence-corrected chi connectivity index (χ1v) is 14.1. The van der Waals surface area contributed by atoms with Crippen LogP contribution in [0.25, 0.3) is 0 Å². The molecule has 4 heterocycles. The minimum Gasteiger partial charge on any atom is -0.342 e. The van der Waals surface area contributed by atoms with E-state index in [0.717, 1.165) is 31.8 Å². The first kappa shape index (κ1) is 23.5. The third-order valence-corrected chi connectivity index (χ3v) is 9.43. The highest BCUT2D eigenvalue weighted by Crippen LogP contribution is 2.24. The van der Waals surface area contributed by atoms with Crippen molar-refractivity contribution < 1.29 is 18.0 Å². The summed E-state index contributed by atoms with van der Waals surface area (Å²) in [4.78, 5) is 30.9. The number of likely N-dealkylation sites (tertiary alicyclic amines) is 1. The molecule has 0 N–H and O–H groups in total. The highest BCUT2D eigenvalue weighted by molar-refractivity contribution is 7.99. The third-order valence-electron chi connectivity index (χ3n) is 6.59. The van der Waals surface area contributed by atoms with E-state index in [1.807, 2.05) is 21.4 Å². The average Bonchev–Trinajstić information content (AvgIpc) is 3.49. The zero-order valence-electron chi connectivity index (χ0n) is 18.6. The minimum atomic E-state index is -2.91. The number of piperazine rings is 1. The number of nitrogens with zero attached hydrogens (tertiary/aromatic N) is 6. The monoisotopic (exact) mass is 484 g/mol. The number of sulfone groups is 1. The second-order valence-electron chi connectivity index (χ2n) is 8.96. The molecule has 0 unspecified atom stereocenters. The summed E-state index contributed by atoms with van der Waals surface area (Å²) in [5.74, 6) is 1.88. The summed E-state index contributed by atoms with van der Waals surface area (Å²) in [7, 11) is -1.05. The van der Waals surface area contributed by atoms with Gasteiger partial charge in [-0.3, -0.25) is 14.5 Å². The van der Waals surface area contributed by atoms with Crippen molar-refractivity contribution in [3.63, 3.8) is 0 Å². The lowest BCUT2D eigenvalue weighted by atomic mass is 10.1. The van der Waals surface area contributed by atoms with E-state index in [4.69, 9.17) is 0 Å². The molecule has 4 rings (SSSR count). The molecule has 12 heteroatoms. The van der Waals surface area contributed by atoms with Gasteiger partial charge in [-0.2, -0.15) is 0 Å². The molecule has 0 bridgehead atoms. The van der Waals surface area contributed by atoms with Gasteiger partial charge in [0.2, 0.25) is 11.8 Å². The van der Waals surface area contributed by atoms with Crippen LogP contribution in [-0.4, -0.2) is 113 Å². The molecule has 0 saturated carbocycles. The van der Waals surface area contributed by atoms with Crippen LogP contribution in [0.2, 0.25) is 0 Å². The van der Waals surface area contributed by atoms with E-state index < -0.39 is 9.84 Å². The van der Waals surface area contributed by atoms with Gasteiger partial charge in [-0.15, -0.1) is 10.2 Å². The van der Waals surface area contributed by atoms with E-state index in [9.17, 15) is 18.0 Å². The van der Waals surface area contributed by atoms with Gasteiger partial charge in [0.1, 0.15) is 5.82 Å². The van der Waals surface area contributed by atoms with Crippen molar-refractivity contribution in [2.24, 2.45) is 13.0 Å². The van der Waals surface area contributed by atoms with Crippen molar-refractivity contribution in [2.45, 2.75) is 30.8 Å². The molecule has 2 amide bonds. The smallest absolute Gasteiger partial charge is 0.236 e. The molecular formula is C20H32N6O4S2. The molecule has 32 heavy (non-hydrogen) atoms. The zero-order valence-corrected chi connectivity index (χ0v) is 20.2. The largest absolute Gasteiger partial charge is 0.342 e. The fourth-order valence-electron chi connectivity index (χ4n) is 4.57. The van der Waals surface area contributed by atoms with Crippen LogP contribution in [0.1, 0.15) is 25.1 Å². The molecule has 3 aliphatic rings. The van der Waals surface area contributed by atoms with Gasteiger partial charge in [0.15, 0.2) is 15.0 Å². The fourth-order valence-corrected chi connectivity index (χ4v) is 7.27. The molecule has 0 aliphatic carbocycles. The maximum Gasteiger partial charge on any atom is 0.236 e. The fraction of sp³-hybridized carbons (Fsp3) is 0.800. The topological polar surface area (TPSA) is 109 Å². The minimum absolute atomic E-state index is 0.0620. The van der Waals surface area contributed by atoms with Gasteiger partial charge in [-0.25, -0.2) is 8.42 Å². The van der Waals surface area contributed by atoms with E-state index >= 15 is 0 Å². The lowest BCUT2D eigenvalue weighted by Crippen LogP contribution is -2.51. The summed E-state index contributed by atoms with van der Waals surface area (Å²) in [6.45, 7) is 4.89. The number of aromatic nitrogens is 3. The van der Waals surface area contributed by atoms with E-state index in [2.05, 4.69) is 15.1 Å². The summed E-state index contributed by atoms with van der Waals surface area (Å²) < 4.78 is 25.2. The van der Waals surface area contributed by atoms with Crippen LogP contribution >= 0.6 is 11.8 Å². The number of hydrogen-bond donors (Lipinski definition) is 0. The Bertz CT molecular complexity index is 936. The van der Waals surface area contributed by atoms with Crippen LogP contribution in [0.4, 0.5) is 0 Å². The van der Waals surface area contributed by atoms with E-state index in [0.29, 0.717) is 50.7 Å². The van der Waals surface area contributed by atoms with Gasteiger partial charge >= 0.3 is 0 Å². The number of thioether (sulfide) groups is 1. The van der Waals surface area contributed by atoms with Crippen molar-refractivity contribution in [3.05, 3.63) is 5.82 Å². The Kier molecular flexibility index (Phi) is 7.40. The second-order valence-corrected chi connectivity index (χ2v) is 12.1. The van der Waals surface area contributed by atoms with Crippen LogP contribution in [0.15, 0.2) is 5.16 Å². The van der Waals surface area contributed by atoms with Gasteiger partial charge in [0, 0.05) is 52.7 Å². The molecule has 1 aromatic heterocycles.